The molecule has 3 heteroatoms. The van der Waals surface area contributed by atoms with Gasteiger partial charge in [0.25, 0.3) is 0 Å². The summed E-state index contributed by atoms with van der Waals surface area (Å²) in [6, 6.07) is 5.80. The highest BCUT2D eigenvalue weighted by Crippen LogP contribution is 2.31. The second kappa shape index (κ2) is 5.14. The number of hydrogen-bond acceptors (Lipinski definition) is 3. The van der Waals surface area contributed by atoms with Gasteiger partial charge in [-0.2, -0.15) is 0 Å². The largest absolute Gasteiger partial charge is 0.492 e. The summed E-state index contributed by atoms with van der Waals surface area (Å²) in [5.74, 6) is 0.819. The van der Waals surface area contributed by atoms with Gasteiger partial charge in [-0.1, -0.05) is 12.1 Å². The number of rotatable bonds is 4. The van der Waals surface area contributed by atoms with Crippen molar-refractivity contribution < 1.29 is 9.84 Å². The fourth-order valence-corrected chi connectivity index (χ4v) is 1.74. The lowest BCUT2D eigenvalue weighted by Crippen LogP contribution is -1.98. The van der Waals surface area contributed by atoms with Crippen molar-refractivity contribution in [3.8, 4) is 5.75 Å². The molecule has 1 aromatic rings. The molecule has 0 atom stereocenters. The van der Waals surface area contributed by atoms with E-state index in [0.29, 0.717) is 6.61 Å². The van der Waals surface area contributed by atoms with Gasteiger partial charge in [-0.25, -0.2) is 0 Å². The van der Waals surface area contributed by atoms with E-state index in [1.165, 1.54) is 0 Å². The Hall–Kier alpha value is -0.670. The van der Waals surface area contributed by atoms with E-state index in [2.05, 4.69) is 0 Å². The van der Waals surface area contributed by atoms with E-state index in [1.807, 2.05) is 31.4 Å². The molecule has 2 nitrogen and oxygen atoms in total. The van der Waals surface area contributed by atoms with Crippen molar-refractivity contribution in [2.24, 2.45) is 0 Å². The van der Waals surface area contributed by atoms with Crippen LogP contribution in [0.15, 0.2) is 23.1 Å². The number of thioether (sulfide) groups is 1. The molecule has 72 valence electrons. The lowest BCUT2D eigenvalue weighted by molar-refractivity contribution is 0.264. The third-order valence-electron chi connectivity index (χ3n) is 1.74. The van der Waals surface area contributed by atoms with Crippen LogP contribution >= 0.6 is 11.8 Å². The van der Waals surface area contributed by atoms with Crippen LogP contribution in [0.25, 0.3) is 0 Å². The number of para-hydroxylation sites is 1. The first-order valence-corrected chi connectivity index (χ1v) is 5.45. The summed E-state index contributed by atoms with van der Waals surface area (Å²) < 4.78 is 5.47. The molecule has 0 unspecified atom stereocenters. The first-order chi connectivity index (χ1) is 6.33. The Kier molecular flexibility index (Phi) is 4.12. The molecule has 0 aliphatic heterocycles. The predicted octanol–water partition coefficient (Wildman–Crippen LogP) is 2.30. The van der Waals surface area contributed by atoms with Gasteiger partial charge in [0.2, 0.25) is 0 Å². The lowest BCUT2D eigenvalue weighted by Gasteiger charge is -2.11. The highest BCUT2D eigenvalue weighted by Gasteiger charge is 2.06. The second-order valence-corrected chi connectivity index (χ2v) is 3.39. The predicted molar refractivity (Wildman–Crippen MR) is 55.3 cm³/mol. The summed E-state index contributed by atoms with van der Waals surface area (Å²) in [4.78, 5) is 1.08. The highest BCUT2D eigenvalue weighted by atomic mass is 32.2. The molecular formula is C10H14O2S. The van der Waals surface area contributed by atoms with Crippen molar-refractivity contribution in [2.45, 2.75) is 18.4 Å². The van der Waals surface area contributed by atoms with Crippen molar-refractivity contribution in [1.29, 1.82) is 0 Å². The normalized spacial score (nSPS) is 10.1. The van der Waals surface area contributed by atoms with Gasteiger partial charge in [0.1, 0.15) is 5.75 Å². The summed E-state index contributed by atoms with van der Waals surface area (Å²) in [6.45, 7) is 2.60. The number of aliphatic hydroxyl groups excluding tert-OH is 1. The molecular weight excluding hydrogens is 184 g/mol. The van der Waals surface area contributed by atoms with Crippen LogP contribution in [0.5, 0.6) is 5.75 Å². The van der Waals surface area contributed by atoms with Crippen LogP contribution in [-0.4, -0.2) is 18.0 Å². The summed E-state index contributed by atoms with van der Waals surface area (Å²) in [5, 5.41) is 9.08. The molecule has 0 heterocycles. The minimum Gasteiger partial charge on any atom is -0.492 e. The van der Waals surface area contributed by atoms with E-state index in [4.69, 9.17) is 9.84 Å². The molecule has 0 aliphatic carbocycles. The third-order valence-corrected chi connectivity index (χ3v) is 2.50. The maximum Gasteiger partial charge on any atom is 0.138 e. The standard InChI is InChI=1S/C10H14O2S/c1-3-12-10-8(7-11)5-4-6-9(10)13-2/h4-6,11H,3,7H2,1-2H3. The molecule has 0 bridgehead atoms. The van der Waals surface area contributed by atoms with Gasteiger partial charge >= 0.3 is 0 Å². The number of hydrogen-bond donors (Lipinski definition) is 1. The minimum atomic E-state index is 0.0315. The van der Waals surface area contributed by atoms with Gasteiger partial charge in [-0.3, -0.25) is 0 Å². The molecule has 0 saturated heterocycles. The average Bonchev–Trinajstić information content (AvgIpc) is 2.18. The van der Waals surface area contributed by atoms with Crippen molar-refractivity contribution in [3.05, 3.63) is 23.8 Å². The van der Waals surface area contributed by atoms with Crippen LogP contribution in [0, 0.1) is 0 Å². The zero-order valence-electron chi connectivity index (χ0n) is 7.91. The fraction of sp³-hybridized carbons (Fsp3) is 0.400. The van der Waals surface area contributed by atoms with Crippen LogP contribution in [0.4, 0.5) is 0 Å². The topological polar surface area (TPSA) is 29.5 Å². The van der Waals surface area contributed by atoms with E-state index in [1.54, 1.807) is 11.8 Å². The molecule has 0 saturated carbocycles. The van der Waals surface area contributed by atoms with E-state index in [9.17, 15) is 0 Å². The van der Waals surface area contributed by atoms with E-state index < -0.39 is 0 Å². The van der Waals surface area contributed by atoms with Gasteiger partial charge in [-0.05, 0) is 19.2 Å². The highest BCUT2D eigenvalue weighted by molar-refractivity contribution is 7.98. The van der Waals surface area contributed by atoms with Crippen molar-refractivity contribution in [1.82, 2.24) is 0 Å². The Bertz CT molecular complexity index is 251. The van der Waals surface area contributed by atoms with Crippen LogP contribution in [0.3, 0.4) is 0 Å². The summed E-state index contributed by atoms with van der Waals surface area (Å²) in [6.07, 6.45) is 2.00. The number of ether oxygens (including phenoxy) is 1. The molecule has 1 N–H and O–H groups in total. The van der Waals surface area contributed by atoms with Gasteiger partial charge in [0.15, 0.2) is 0 Å². The van der Waals surface area contributed by atoms with Crippen molar-refractivity contribution in [3.63, 3.8) is 0 Å². The minimum absolute atomic E-state index is 0.0315. The van der Waals surface area contributed by atoms with Crippen LogP contribution in [0.1, 0.15) is 12.5 Å². The third kappa shape index (κ3) is 2.39. The Morgan fingerprint density at radius 3 is 2.77 bits per heavy atom. The summed E-state index contributed by atoms with van der Waals surface area (Å²) in [7, 11) is 0. The summed E-state index contributed by atoms with van der Waals surface area (Å²) >= 11 is 1.63. The molecule has 1 rings (SSSR count). The van der Waals surface area contributed by atoms with Gasteiger partial charge in [0, 0.05) is 10.5 Å². The smallest absolute Gasteiger partial charge is 0.138 e. The molecule has 13 heavy (non-hydrogen) atoms. The number of aliphatic hydroxyl groups is 1. The van der Waals surface area contributed by atoms with Crippen LogP contribution in [0.2, 0.25) is 0 Å². The molecule has 1 aromatic carbocycles. The molecule has 0 spiro atoms. The molecule has 0 aliphatic rings. The van der Waals surface area contributed by atoms with E-state index >= 15 is 0 Å². The Morgan fingerprint density at radius 1 is 1.46 bits per heavy atom. The molecule has 0 fully saturated rings. The Morgan fingerprint density at radius 2 is 2.23 bits per heavy atom. The zero-order valence-corrected chi connectivity index (χ0v) is 8.73. The maximum atomic E-state index is 9.08. The van der Waals surface area contributed by atoms with E-state index in [0.717, 1.165) is 16.2 Å². The molecule has 0 aromatic heterocycles. The van der Waals surface area contributed by atoms with E-state index in [-0.39, 0.29) is 6.61 Å². The molecule has 0 amide bonds. The Balaban J connectivity index is 3.05. The van der Waals surface area contributed by atoms with Gasteiger partial charge < -0.3 is 9.84 Å². The lowest BCUT2D eigenvalue weighted by atomic mass is 10.2. The maximum absolute atomic E-state index is 9.08. The van der Waals surface area contributed by atoms with Crippen molar-refractivity contribution >= 4 is 11.8 Å². The average molecular weight is 198 g/mol. The zero-order chi connectivity index (χ0) is 9.68. The van der Waals surface area contributed by atoms with Crippen LogP contribution in [-0.2, 0) is 6.61 Å². The monoisotopic (exact) mass is 198 g/mol. The Labute approximate surface area is 82.9 Å². The quantitative estimate of drug-likeness (QED) is 0.753. The van der Waals surface area contributed by atoms with Gasteiger partial charge in [0.05, 0.1) is 13.2 Å². The van der Waals surface area contributed by atoms with Crippen LogP contribution < -0.4 is 4.74 Å². The summed E-state index contributed by atoms with van der Waals surface area (Å²) in [5.41, 5.74) is 0.855. The second-order valence-electron chi connectivity index (χ2n) is 2.54. The van der Waals surface area contributed by atoms with Crippen molar-refractivity contribution in [2.75, 3.05) is 12.9 Å². The SMILES string of the molecule is CCOc1c(CO)cccc1SC. The fourth-order valence-electron chi connectivity index (χ4n) is 1.15. The molecule has 0 radical (unpaired) electrons. The first-order valence-electron chi connectivity index (χ1n) is 4.23. The number of benzene rings is 1. The van der Waals surface area contributed by atoms with Gasteiger partial charge in [-0.15, -0.1) is 11.8 Å². The first kappa shape index (κ1) is 10.4.